The molecule has 0 amide bonds. The second-order valence-electron chi connectivity index (χ2n) is 3.71. The SMILES string of the molecule is CC(NS(=O)(=O)c1cncc(F)c1)c1cn[nH]c1. The molecule has 1 atom stereocenters. The number of pyridine rings is 1. The summed E-state index contributed by atoms with van der Waals surface area (Å²) in [4.78, 5) is 3.30. The maximum absolute atomic E-state index is 12.9. The smallest absolute Gasteiger partial charge is 0.242 e. The molecule has 18 heavy (non-hydrogen) atoms. The molecule has 0 saturated carbocycles. The van der Waals surface area contributed by atoms with Crippen LogP contribution in [0, 0.1) is 5.82 Å². The van der Waals surface area contributed by atoms with Crippen LogP contribution in [0.25, 0.3) is 0 Å². The van der Waals surface area contributed by atoms with Gasteiger partial charge in [-0.3, -0.25) is 10.1 Å². The van der Waals surface area contributed by atoms with Gasteiger partial charge in [0.05, 0.1) is 12.4 Å². The summed E-state index contributed by atoms with van der Waals surface area (Å²) in [7, 11) is -3.80. The summed E-state index contributed by atoms with van der Waals surface area (Å²) in [6.45, 7) is 1.66. The van der Waals surface area contributed by atoms with Gasteiger partial charge in [0, 0.05) is 24.0 Å². The van der Waals surface area contributed by atoms with Crippen molar-refractivity contribution >= 4 is 10.0 Å². The third kappa shape index (κ3) is 2.71. The van der Waals surface area contributed by atoms with Crippen LogP contribution in [0.2, 0.25) is 0 Å². The molecule has 96 valence electrons. The summed E-state index contributed by atoms with van der Waals surface area (Å²) in [5.74, 6) is -0.700. The minimum Gasteiger partial charge on any atom is -0.285 e. The molecule has 2 aromatic heterocycles. The van der Waals surface area contributed by atoms with Gasteiger partial charge in [0.25, 0.3) is 0 Å². The zero-order chi connectivity index (χ0) is 13.2. The lowest BCUT2D eigenvalue weighted by molar-refractivity contribution is 0.562. The van der Waals surface area contributed by atoms with E-state index in [0.717, 1.165) is 18.5 Å². The van der Waals surface area contributed by atoms with Crippen molar-refractivity contribution in [2.75, 3.05) is 0 Å². The lowest BCUT2D eigenvalue weighted by atomic mass is 10.2. The van der Waals surface area contributed by atoms with E-state index < -0.39 is 21.9 Å². The molecule has 0 spiro atoms. The maximum Gasteiger partial charge on any atom is 0.242 e. The highest BCUT2D eigenvalue weighted by Gasteiger charge is 2.19. The minimum atomic E-state index is -3.80. The molecule has 0 aromatic carbocycles. The zero-order valence-corrected chi connectivity index (χ0v) is 10.3. The number of rotatable bonds is 4. The number of aromatic amines is 1. The van der Waals surface area contributed by atoms with E-state index in [1.807, 2.05) is 0 Å². The highest BCUT2D eigenvalue weighted by Crippen LogP contribution is 2.15. The van der Waals surface area contributed by atoms with E-state index in [0.29, 0.717) is 5.56 Å². The molecule has 0 bridgehead atoms. The van der Waals surface area contributed by atoms with E-state index in [2.05, 4.69) is 19.9 Å². The molecule has 6 nitrogen and oxygen atoms in total. The highest BCUT2D eigenvalue weighted by molar-refractivity contribution is 7.89. The van der Waals surface area contributed by atoms with Gasteiger partial charge in [0.1, 0.15) is 10.7 Å². The molecule has 0 fully saturated rings. The molecule has 0 saturated heterocycles. The molecular formula is C10H11FN4O2S. The summed E-state index contributed by atoms with van der Waals surface area (Å²) in [5, 5.41) is 6.32. The molecule has 2 N–H and O–H groups in total. The Morgan fingerprint density at radius 1 is 1.39 bits per heavy atom. The Morgan fingerprint density at radius 3 is 2.78 bits per heavy atom. The zero-order valence-electron chi connectivity index (χ0n) is 9.46. The van der Waals surface area contributed by atoms with Crippen molar-refractivity contribution in [1.82, 2.24) is 19.9 Å². The van der Waals surface area contributed by atoms with E-state index in [4.69, 9.17) is 0 Å². The fourth-order valence-corrected chi connectivity index (χ4v) is 2.61. The Bertz CT molecular complexity index is 627. The van der Waals surface area contributed by atoms with E-state index in [1.54, 1.807) is 13.1 Å². The van der Waals surface area contributed by atoms with Crippen molar-refractivity contribution in [3.05, 3.63) is 42.2 Å². The molecule has 1 unspecified atom stereocenters. The van der Waals surface area contributed by atoms with Crippen molar-refractivity contribution in [2.45, 2.75) is 17.9 Å². The van der Waals surface area contributed by atoms with Crippen LogP contribution in [0.5, 0.6) is 0 Å². The van der Waals surface area contributed by atoms with Gasteiger partial charge in [-0.15, -0.1) is 0 Å². The summed E-state index contributed by atoms with van der Waals surface area (Å²) >= 11 is 0. The topological polar surface area (TPSA) is 87.7 Å². The second kappa shape index (κ2) is 4.83. The Balaban J connectivity index is 2.22. The number of H-pyrrole nitrogens is 1. The van der Waals surface area contributed by atoms with E-state index >= 15 is 0 Å². The van der Waals surface area contributed by atoms with Gasteiger partial charge in [-0.2, -0.15) is 5.10 Å². The van der Waals surface area contributed by atoms with Crippen LogP contribution < -0.4 is 4.72 Å². The first-order chi connectivity index (χ1) is 8.49. The lowest BCUT2D eigenvalue weighted by Gasteiger charge is -2.12. The van der Waals surface area contributed by atoms with E-state index in [1.165, 1.54) is 6.20 Å². The molecule has 2 rings (SSSR count). The second-order valence-corrected chi connectivity index (χ2v) is 5.43. The third-order valence-corrected chi connectivity index (χ3v) is 3.85. The summed E-state index contributed by atoms with van der Waals surface area (Å²) in [6.07, 6.45) is 5.13. The van der Waals surface area contributed by atoms with Gasteiger partial charge in [0.2, 0.25) is 10.0 Å². The lowest BCUT2D eigenvalue weighted by Crippen LogP contribution is -2.26. The van der Waals surface area contributed by atoms with Crippen LogP contribution in [0.4, 0.5) is 4.39 Å². The highest BCUT2D eigenvalue weighted by atomic mass is 32.2. The van der Waals surface area contributed by atoms with Crippen LogP contribution in [-0.2, 0) is 10.0 Å². The third-order valence-electron chi connectivity index (χ3n) is 2.34. The molecule has 0 aliphatic rings. The molecule has 0 radical (unpaired) electrons. The van der Waals surface area contributed by atoms with Crippen molar-refractivity contribution in [1.29, 1.82) is 0 Å². The molecule has 2 heterocycles. The average molecular weight is 270 g/mol. The van der Waals surface area contributed by atoms with Crippen LogP contribution >= 0.6 is 0 Å². The fraction of sp³-hybridized carbons (Fsp3) is 0.200. The van der Waals surface area contributed by atoms with Crippen molar-refractivity contribution in [2.24, 2.45) is 0 Å². The first-order valence-corrected chi connectivity index (χ1v) is 6.59. The monoisotopic (exact) mass is 270 g/mol. The van der Waals surface area contributed by atoms with E-state index in [9.17, 15) is 12.8 Å². The van der Waals surface area contributed by atoms with Crippen LogP contribution in [-0.4, -0.2) is 23.6 Å². The Morgan fingerprint density at radius 2 is 2.17 bits per heavy atom. The van der Waals surface area contributed by atoms with Gasteiger partial charge in [-0.05, 0) is 13.0 Å². The van der Waals surface area contributed by atoms with Gasteiger partial charge >= 0.3 is 0 Å². The normalized spacial score (nSPS) is 13.4. The Labute approximate surface area is 103 Å². The van der Waals surface area contributed by atoms with Crippen molar-refractivity contribution in [3.63, 3.8) is 0 Å². The fourth-order valence-electron chi connectivity index (χ4n) is 1.41. The van der Waals surface area contributed by atoms with Crippen molar-refractivity contribution < 1.29 is 12.8 Å². The number of hydrogen-bond acceptors (Lipinski definition) is 4. The van der Waals surface area contributed by atoms with Gasteiger partial charge < -0.3 is 0 Å². The standard InChI is InChI=1S/C10H11FN4O2S/c1-7(8-3-13-14-4-8)15-18(16,17)10-2-9(11)5-12-6-10/h2-7,15H,1H3,(H,13,14). The minimum absolute atomic E-state index is 0.210. The molecule has 0 aliphatic carbocycles. The quantitative estimate of drug-likeness (QED) is 0.867. The number of aromatic nitrogens is 3. The maximum atomic E-state index is 12.9. The number of hydrogen-bond donors (Lipinski definition) is 2. The molecule has 0 aliphatic heterocycles. The van der Waals surface area contributed by atoms with Crippen LogP contribution in [0.3, 0.4) is 0 Å². The Hall–Kier alpha value is -1.80. The summed E-state index contributed by atoms with van der Waals surface area (Å²) in [5.41, 5.74) is 0.683. The molecular weight excluding hydrogens is 259 g/mol. The van der Waals surface area contributed by atoms with Crippen LogP contribution in [0.15, 0.2) is 35.7 Å². The molecule has 2 aromatic rings. The number of sulfonamides is 1. The number of nitrogens with zero attached hydrogens (tertiary/aromatic N) is 2. The first-order valence-electron chi connectivity index (χ1n) is 5.10. The predicted octanol–water partition coefficient (Wildman–Crippen LogP) is 0.983. The Kier molecular flexibility index (Phi) is 3.39. The van der Waals surface area contributed by atoms with Gasteiger partial charge in [-0.1, -0.05) is 0 Å². The first kappa shape index (κ1) is 12.7. The number of nitrogens with one attached hydrogen (secondary N) is 2. The average Bonchev–Trinajstić information content (AvgIpc) is 2.82. The summed E-state index contributed by atoms with van der Waals surface area (Å²) < 4.78 is 39.2. The van der Waals surface area contributed by atoms with Crippen LogP contribution in [0.1, 0.15) is 18.5 Å². The summed E-state index contributed by atoms with van der Waals surface area (Å²) in [6, 6.07) is 0.439. The largest absolute Gasteiger partial charge is 0.285 e. The van der Waals surface area contributed by atoms with E-state index in [-0.39, 0.29) is 4.90 Å². The number of halogens is 1. The molecule has 8 heteroatoms. The van der Waals surface area contributed by atoms with Crippen molar-refractivity contribution in [3.8, 4) is 0 Å². The van der Waals surface area contributed by atoms with Gasteiger partial charge in [0.15, 0.2) is 0 Å². The van der Waals surface area contributed by atoms with Gasteiger partial charge in [-0.25, -0.2) is 17.5 Å². The predicted molar refractivity (Wildman–Crippen MR) is 61.5 cm³/mol.